The van der Waals surface area contributed by atoms with Gasteiger partial charge < -0.3 is 14.8 Å². The standard InChI is InChI=1S/C29H33ClN4O/c1-4-8-27(34-17-15-33(16-18-34)25-12-7-9-20(2)28(25)30)31-29(35)21-13-14-23-22-10-5-6-11-24(22)32(3)26(23)19-21/h5-7,9-14,19,27H,4,8,15-18H2,1-3H3,(H,31,35). The maximum Gasteiger partial charge on any atom is 0.252 e. The van der Waals surface area contributed by atoms with Gasteiger partial charge in [0.2, 0.25) is 0 Å². The molecule has 1 aliphatic rings. The van der Waals surface area contributed by atoms with Gasteiger partial charge in [-0.3, -0.25) is 9.69 Å². The summed E-state index contributed by atoms with van der Waals surface area (Å²) in [5.41, 5.74) is 5.16. The van der Waals surface area contributed by atoms with Crippen molar-refractivity contribution in [3.05, 3.63) is 76.8 Å². The molecule has 0 radical (unpaired) electrons. The molecule has 0 aliphatic carbocycles. The second-order valence-electron chi connectivity index (χ2n) is 9.52. The first-order valence-electron chi connectivity index (χ1n) is 12.5. The molecule has 5 rings (SSSR count). The molecule has 1 fully saturated rings. The van der Waals surface area contributed by atoms with Crippen molar-refractivity contribution in [2.45, 2.75) is 32.9 Å². The van der Waals surface area contributed by atoms with Crippen LogP contribution in [0.4, 0.5) is 5.69 Å². The van der Waals surface area contributed by atoms with Gasteiger partial charge >= 0.3 is 0 Å². The average Bonchev–Trinajstić information content (AvgIpc) is 3.17. The van der Waals surface area contributed by atoms with Gasteiger partial charge in [0.05, 0.1) is 16.9 Å². The maximum atomic E-state index is 13.3. The third kappa shape index (κ3) is 4.51. The van der Waals surface area contributed by atoms with Crippen molar-refractivity contribution in [1.29, 1.82) is 0 Å². The van der Waals surface area contributed by atoms with Crippen molar-refractivity contribution < 1.29 is 4.79 Å². The molecule has 1 aliphatic heterocycles. The number of carbonyl (C=O) groups excluding carboxylic acids is 1. The van der Waals surface area contributed by atoms with Crippen molar-refractivity contribution in [2.24, 2.45) is 7.05 Å². The van der Waals surface area contributed by atoms with Gasteiger partial charge in [-0.05, 0) is 43.2 Å². The molecule has 6 heteroatoms. The van der Waals surface area contributed by atoms with Gasteiger partial charge in [0.15, 0.2) is 0 Å². The molecule has 1 atom stereocenters. The molecule has 5 nitrogen and oxygen atoms in total. The number of para-hydroxylation sites is 1. The number of piperazine rings is 1. The smallest absolute Gasteiger partial charge is 0.252 e. The molecule has 1 saturated heterocycles. The predicted molar refractivity (Wildman–Crippen MR) is 147 cm³/mol. The monoisotopic (exact) mass is 488 g/mol. The van der Waals surface area contributed by atoms with Crippen molar-refractivity contribution in [3.8, 4) is 0 Å². The summed E-state index contributed by atoms with van der Waals surface area (Å²) in [7, 11) is 2.06. The van der Waals surface area contributed by atoms with Crippen LogP contribution in [0, 0.1) is 6.92 Å². The lowest BCUT2D eigenvalue weighted by atomic mass is 10.1. The summed E-state index contributed by atoms with van der Waals surface area (Å²) in [6.45, 7) is 7.77. The molecule has 1 unspecified atom stereocenters. The summed E-state index contributed by atoms with van der Waals surface area (Å²) in [6, 6.07) is 20.6. The minimum absolute atomic E-state index is 0.0141. The number of rotatable bonds is 6. The number of anilines is 1. The Morgan fingerprint density at radius 2 is 1.71 bits per heavy atom. The van der Waals surface area contributed by atoms with Gasteiger partial charge in [0, 0.05) is 60.6 Å². The van der Waals surface area contributed by atoms with Crippen LogP contribution in [0.2, 0.25) is 5.02 Å². The third-order valence-electron chi connectivity index (χ3n) is 7.30. The Kier molecular flexibility index (Phi) is 6.72. The van der Waals surface area contributed by atoms with Gasteiger partial charge in [-0.1, -0.05) is 61.3 Å². The highest BCUT2D eigenvalue weighted by Gasteiger charge is 2.26. The number of aryl methyl sites for hydroxylation is 2. The third-order valence-corrected chi connectivity index (χ3v) is 7.80. The van der Waals surface area contributed by atoms with E-state index in [1.807, 2.05) is 25.1 Å². The highest BCUT2D eigenvalue weighted by molar-refractivity contribution is 6.34. The molecule has 1 aromatic heterocycles. The molecular formula is C29H33ClN4O. The molecule has 0 bridgehead atoms. The van der Waals surface area contributed by atoms with E-state index in [1.165, 1.54) is 16.3 Å². The lowest BCUT2D eigenvalue weighted by Gasteiger charge is -2.40. The van der Waals surface area contributed by atoms with E-state index < -0.39 is 0 Å². The number of amides is 1. The quantitative estimate of drug-likeness (QED) is 0.363. The van der Waals surface area contributed by atoms with Crippen molar-refractivity contribution in [3.63, 3.8) is 0 Å². The first-order chi connectivity index (χ1) is 17.0. The number of benzene rings is 3. The minimum Gasteiger partial charge on any atom is -0.368 e. The van der Waals surface area contributed by atoms with Crippen molar-refractivity contribution >= 4 is 45.0 Å². The fourth-order valence-corrected chi connectivity index (χ4v) is 5.55. The Bertz CT molecular complexity index is 1370. The zero-order chi connectivity index (χ0) is 24.5. The highest BCUT2D eigenvalue weighted by atomic mass is 35.5. The Hall–Kier alpha value is -3.02. The van der Waals surface area contributed by atoms with E-state index in [0.29, 0.717) is 5.56 Å². The first-order valence-corrected chi connectivity index (χ1v) is 12.9. The average molecular weight is 489 g/mol. The number of aromatic nitrogens is 1. The number of carbonyl (C=O) groups is 1. The summed E-state index contributed by atoms with van der Waals surface area (Å²) < 4.78 is 2.17. The summed E-state index contributed by atoms with van der Waals surface area (Å²) in [5, 5.41) is 6.56. The summed E-state index contributed by atoms with van der Waals surface area (Å²) in [6.07, 6.45) is 1.95. The molecule has 3 aromatic carbocycles. The molecule has 182 valence electrons. The van der Waals surface area contributed by atoms with Gasteiger partial charge in [0.25, 0.3) is 5.91 Å². The second-order valence-corrected chi connectivity index (χ2v) is 9.90. The minimum atomic E-state index is -0.0141. The van der Waals surface area contributed by atoms with Gasteiger partial charge in [-0.2, -0.15) is 0 Å². The Morgan fingerprint density at radius 1 is 0.971 bits per heavy atom. The van der Waals surface area contributed by atoms with E-state index in [0.717, 1.165) is 60.8 Å². The number of nitrogens with one attached hydrogen (secondary N) is 1. The van der Waals surface area contributed by atoms with Crippen LogP contribution >= 0.6 is 11.6 Å². The predicted octanol–water partition coefficient (Wildman–Crippen LogP) is 5.97. The van der Waals surface area contributed by atoms with Crippen LogP contribution in [-0.2, 0) is 7.05 Å². The molecular weight excluding hydrogens is 456 g/mol. The van der Waals surface area contributed by atoms with Crippen LogP contribution in [0.5, 0.6) is 0 Å². The summed E-state index contributed by atoms with van der Waals surface area (Å²) in [5.74, 6) is -0.0141. The molecule has 0 saturated carbocycles. The van der Waals surface area contributed by atoms with E-state index in [4.69, 9.17) is 11.6 Å². The number of fused-ring (bicyclic) bond motifs is 3. The van der Waals surface area contributed by atoms with Gasteiger partial charge in [-0.15, -0.1) is 0 Å². The van der Waals surface area contributed by atoms with Crippen LogP contribution < -0.4 is 10.2 Å². The summed E-state index contributed by atoms with van der Waals surface area (Å²) in [4.78, 5) is 18.1. The molecule has 4 aromatic rings. The summed E-state index contributed by atoms with van der Waals surface area (Å²) >= 11 is 6.58. The Balaban J connectivity index is 1.31. The molecule has 0 spiro atoms. The van der Waals surface area contributed by atoms with Crippen molar-refractivity contribution in [1.82, 2.24) is 14.8 Å². The fraction of sp³-hybridized carbons (Fsp3) is 0.345. The SMILES string of the molecule is CCCC(NC(=O)c1ccc2c3ccccc3n(C)c2c1)N1CCN(c2cccc(C)c2Cl)CC1. The highest BCUT2D eigenvalue weighted by Crippen LogP contribution is 2.30. The van der Waals surface area contributed by atoms with Gasteiger partial charge in [0.1, 0.15) is 0 Å². The van der Waals surface area contributed by atoms with E-state index in [1.54, 1.807) is 0 Å². The van der Waals surface area contributed by atoms with Crippen LogP contribution in [-0.4, -0.2) is 47.7 Å². The van der Waals surface area contributed by atoms with E-state index in [9.17, 15) is 4.79 Å². The van der Waals surface area contributed by atoms with Crippen molar-refractivity contribution in [2.75, 3.05) is 31.1 Å². The van der Waals surface area contributed by atoms with Crippen LogP contribution in [0.1, 0.15) is 35.7 Å². The van der Waals surface area contributed by atoms with Crippen LogP contribution in [0.3, 0.4) is 0 Å². The molecule has 1 amide bonds. The largest absolute Gasteiger partial charge is 0.368 e. The van der Waals surface area contributed by atoms with Crippen LogP contribution in [0.15, 0.2) is 60.7 Å². The Labute approximate surface area is 212 Å². The zero-order valence-electron chi connectivity index (χ0n) is 20.7. The lowest BCUT2D eigenvalue weighted by Crippen LogP contribution is -2.56. The number of halogens is 1. The van der Waals surface area contributed by atoms with Crippen LogP contribution in [0.25, 0.3) is 21.8 Å². The number of nitrogens with zero attached hydrogens (tertiary/aromatic N) is 3. The topological polar surface area (TPSA) is 40.5 Å². The number of hydrogen-bond acceptors (Lipinski definition) is 3. The molecule has 1 N–H and O–H groups in total. The Morgan fingerprint density at radius 3 is 2.49 bits per heavy atom. The lowest BCUT2D eigenvalue weighted by molar-refractivity contribution is 0.0824. The molecule has 35 heavy (non-hydrogen) atoms. The first kappa shape index (κ1) is 23.7. The normalized spacial score (nSPS) is 15.6. The fourth-order valence-electron chi connectivity index (χ4n) is 5.31. The second kappa shape index (κ2) is 9.92. The number of hydrogen-bond donors (Lipinski definition) is 1. The molecule has 2 heterocycles. The zero-order valence-corrected chi connectivity index (χ0v) is 21.5. The van der Waals surface area contributed by atoms with Gasteiger partial charge in [-0.25, -0.2) is 0 Å². The van der Waals surface area contributed by atoms with E-state index >= 15 is 0 Å². The van der Waals surface area contributed by atoms with E-state index in [2.05, 4.69) is 76.1 Å². The maximum absolute atomic E-state index is 13.3. The van der Waals surface area contributed by atoms with E-state index in [-0.39, 0.29) is 12.1 Å².